The fourth-order valence-corrected chi connectivity index (χ4v) is 1.87. The maximum Gasteiger partial charge on any atom is 0.197 e. The molecule has 2 aromatic heterocycles. The van der Waals surface area contributed by atoms with E-state index in [1.807, 2.05) is 30.3 Å². The predicted octanol–water partition coefficient (Wildman–Crippen LogP) is 0.254. The van der Waals surface area contributed by atoms with Gasteiger partial charge >= 0.3 is 0 Å². The monoisotopic (exact) mass is 274 g/mol. The molecule has 0 saturated heterocycles. The summed E-state index contributed by atoms with van der Waals surface area (Å²) in [5.74, 6) is 1.04. The van der Waals surface area contributed by atoms with Gasteiger partial charge in [-0.25, -0.2) is 0 Å². The van der Waals surface area contributed by atoms with Crippen LogP contribution in [0.5, 0.6) is 0 Å². The molecule has 0 amide bonds. The highest BCUT2D eigenvalue weighted by molar-refractivity contribution is 7.80. The van der Waals surface area contributed by atoms with Crippen molar-refractivity contribution in [3.8, 4) is 0 Å². The molecule has 0 spiro atoms. The Morgan fingerprint density at radius 2 is 2.05 bits per heavy atom. The second kappa shape index (κ2) is 5.14. The molecule has 8 nitrogen and oxygen atoms in total. The number of hydrogen-bond acceptors (Lipinski definition) is 7. The molecule has 0 bridgehead atoms. The molecule has 0 aliphatic heterocycles. The summed E-state index contributed by atoms with van der Waals surface area (Å²) in [4.78, 5) is 1.41. The first-order chi connectivity index (χ1) is 9.33. The minimum absolute atomic E-state index is 0.208. The number of nitrogens with zero attached hydrogens (tertiary/aromatic N) is 7. The second-order valence-corrected chi connectivity index (χ2v) is 4.34. The average molecular weight is 274 g/mol. The Morgan fingerprint density at radius 1 is 1.21 bits per heavy atom. The SMILES string of the molecule is SC(c1ccccc1)c1nnn(Cc2nn[nH]n2)n1. The number of rotatable bonds is 4. The normalized spacial score (nSPS) is 12.5. The van der Waals surface area contributed by atoms with Crippen LogP contribution in [-0.2, 0) is 6.54 Å². The van der Waals surface area contributed by atoms with E-state index in [1.54, 1.807) is 0 Å². The molecule has 0 aliphatic carbocycles. The van der Waals surface area contributed by atoms with Gasteiger partial charge in [0.1, 0.15) is 6.54 Å². The molecule has 1 N–H and O–H groups in total. The van der Waals surface area contributed by atoms with E-state index >= 15 is 0 Å². The van der Waals surface area contributed by atoms with E-state index in [-0.39, 0.29) is 5.25 Å². The Bertz CT molecular complexity index is 635. The zero-order valence-corrected chi connectivity index (χ0v) is 10.6. The van der Waals surface area contributed by atoms with Crippen molar-refractivity contribution in [2.45, 2.75) is 11.8 Å². The van der Waals surface area contributed by atoms with Crippen molar-refractivity contribution in [3.05, 3.63) is 47.5 Å². The Kier molecular flexibility index (Phi) is 3.19. The Morgan fingerprint density at radius 3 is 2.79 bits per heavy atom. The van der Waals surface area contributed by atoms with Gasteiger partial charge < -0.3 is 0 Å². The number of benzene rings is 1. The third-order valence-electron chi connectivity index (χ3n) is 2.50. The van der Waals surface area contributed by atoms with Gasteiger partial charge in [0.15, 0.2) is 11.6 Å². The maximum absolute atomic E-state index is 4.51. The van der Waals surface area contributed by atoms with Gasteiger partial charge in [0, 0.05) is 0 Å². The zero-order chi connectivity index (χ0) is 13.1. The molecule has 19 heavy (non-hydrogen) atoms. The van der Waals surface area contributed by atoms with Gasteiger partial charge in [0.25, 0.3) is 0 Å². The first-order valence-electron chi connectivity index (χ1n) is 5.56. The molecule has 1 atom stereocenters. The van der Waals surface area contributed by atoms with Crippen molar-refractivity contribution in [2.24, 2.45) is 0 Å². The lowest BCUT2D eigenvalue weighted by Gasteiger charge is -2.05. The second-order valence-electron chi connectivity index (χ2n) is 3.82. The molecule has 0 aliphatic rings. The summed E-state index contributed by atoms with van der Waals surface area (Å²) in [5, 5.41) is 25.5. The summed E-state index contributed by atoms with van der Waals surface area (Å²) in [6, 6.07) is 9.78. The summed E-state index contributed by atoms with van der Waals surface area (Å²) in [6.07, 6.45) is 0. The van der Waals surface area contributed by atoms with Crippen molar-refractivity contribution in [3.63, 3.8) is 0 Å². The fraction of sp³-hybridized carbons (Fsp3) is 0.200. The third-order valence-corrected chi connectivity index (χ3v) is 3.03. The van der Waals surface area contributed by atoms with E-state index in [4.69, 9.17) is 0 Å². The van der Waals surface area contributed by atoms with Crippen LogP contribution < -0.4 is 0 Å². The van der Waals surface area contributed by atoms with Crippen LogP contribution in [0.2, 0.25) is 0 Å². The van der Waals surface area contributed by atoms with Crippen LogP contribution >= 0.6 is 12.6 Å². The Hall–Kier alpha value is -2.29. The van der Waals surface area contributed by atoms with Crippen molar-refractivity contribution in [1.82, 2.24) is 40.8 Å². The van der Waals surface area contributed by atoms with E-state index < -0.39 is 0 Å². The van der Waals surface area contributed by atoms with Crippen LogP contribution in [0.3, 0.4) is 0 Å². The predicted molar refractivity (Wildman–Crippen MR) is 68.4 cm³/mol. The zero-order valence-electron chi connectivity index (χ0n) is 9.75. The lowest BCUT2D eigenvalue weighted by atomic mass is 10.1. The van der Waals surface area contributed by atoms with Crippen LogP contribution in [-0.4, -0.2) is 40.8 Å². The lowest BCUT2D eigenvalue weighted by Crippen LogP contribution is -2.06. The minimum Gasteiger partial charge on any atom is -0.177 e. The van der Waals surface area contributed by atoms with Crippen LogP contribution in [0.25, 0.3) is 0 Å². The van der Waals surface area contributed by atoms with Gasteiger partial charge in [-0.2, -0.15) is 22.6 Å². The largest absolute Gasteiger partial charge is 0.197 e. The first kappa shape index (κ1) is 11.8. The Balaban J connectivity index is 1.78. The van der Waals surface area contributed by atoms with Gasteiger partial charge in [-0.1, -0.05) is 35.5 Å². The maximum atomic E-state index is 4.51. The van der Waals surface area contributed by atoms with Crippen LogP contribution in [0.4, 0.5) is 0 Å². The highest BCUT2D eigenvalue weighted by atomic mass is 32.1. The molecule has 2 heterocycles. The summed E-state index contributed by atoms with van der Waals surface area (Å²) in [7, 11) is 0. The van der Waals surface area contributed by atoms with E-state index in [2.05, 4.69) is 48.7 Å². The summed E-state index contributed by atoms with van der Waals surface area (Å²) < 4.78 is 0. The molecular weight excluding hydrogens is 264 g/mol. The molecule has 0 radical (unpaired) electrons. The molecule has 0 saturated carbocycles. The van der Waals surface area contributed by atoms with Gasteiger partial charge in [0.2, 0.25) is 0 Å². The molecule has 96 valence electrons. The lowest BCUT2D eigenvalue weighted by molar-refractivity contribution is 0.553. The van der Waals surface area contributed by atoms with E-state index in [9.17, 15) is 0 Å². The summed E-state index contributed by atoms with van der Waals surface area (Å²) in [5.41, 5.74) is 1.02. The van der Waals surface area contributed by atoms with Gasteiger partial charge in [0.05, 0.1) is 5.25 Å². The number of H-pyrrole nitrogens is 1. The van der Waals surface area contributed by atoms with Gasteiger partial charge in [-0.05, 0) is 10.8 Å². The third kappa shape index (κ3) is 2.60. The molecule has 3 aromatic rings. The minimum atomic E-state index is -0.208. The van der Waals surface area contributed by atoms with Crippen LogP contribution in [0, 0.1) is 0 Å². The number of aromatic nitrogens is 8. The topological polar surface area (TPSA) is 98.1 Å². The van der Waals surface area contributed by atoms with Crippen molar-refractivity contribution < 1.29 is 0 Å². The van der Waals surface area contributed by atoms with Crippen molar-refractivity contribution in [2.75, 3.05) is 0 Å². The Labute approximate surface area is 113 Å². The quantitative estimate of drug-likeness (QED) is 0.662. The van der Waals surface area contributed by atoms with Crippen LogP contribution in [0.1, 0.15) is 22.5 Å². The number of thiol groups is 1. The van der Waals surface area contributed by atoms with Crippen LogP contribution in [0.15, 0.2) is 30.3 Å². The van der Waals surface area contributed by atoms with E-state index in [1.165, 1.54) is 4.80 Å². The molecular formula is C10H10N8S. The van der Waals surface area contributed by atoms with Gasteiger partial charge in [-0.3, -0.25) is 0 Å². The molecule has 1 unspecified atom stereocenters. The number of tetrazole rings is 2. The molecule has 0 fully saturated rings. The number of nitrogens with one attached hydrogen (secondary N) is 1. The first-order valence-corrected chi connectivity index (χ1v) is 6.07. The average Bonchev–Trinajstić information content (AvgIpc) is 3.11. The molecule has 9 heteroatoms. The number of aromatic amines is 1. The van der Waals surface area contributed by atoms with Crippen molar-refractivity contribution in [1.29, 1.82) is 0 Å². The number of hydrogen-bond donors (Lipinski definition) is 2. The fourth-order valence-electron chi connectivity index (χ4n) is 1.59. The summed E-state index contributed by atoms with van der Waals surface area (Å²) in [6.45, 7) is 0.318. The smallest absolute Gasteiger partial charge is 0.177 e. The molecule has 1 aromatic carbocycles. The molecule has 3 rings (SSSR count). The summed E-state index contributed by atoms with van der Waals surface area (Å²) >= 11 is 4.51. The highest BCUT2D eigenvalue weighted by Gasteiger charge is 2.15. The standard InChI is InChI=1S/C10H10N8S/c19-9(7-4-2-1-3-5-7)10-13-17-18(14-10)6-8-11-15-16-12-8/h1-5,9,19H,6H2,(H,11,12,15,16). The van der Waals surface area contributed by atoms with Gasteiger partial charge in [-0.15, -0.1) is 20.4 Å². The van der Waals surface area contributed by atoms with E-state index in [0.29, 0.717) is 18.2 Å². The van der Waals surface area contributed by atoms with E-state index in [0.717, 1.165) is 5.56 Å². The highest BCUT2D eigenvalue weighted by Crippen LogP contribution is 2.24. The van der Waals surface area contributed by atoms with Crippen molar-refractivity contribution >= 4 is 12.6 Å².